The largest absolute Gasteiger partial charge is 0.446 e. The van der Waals surface area contributed by atoms with Crippen LogP contribution in [0.3, 0.4) is 0 Å². The van der Waals surface area contributed by atoms with Crippen molar-refractivity contribution >= 4 is 12.0 Å². The number of rotatable bonds is 3. The number of amides is 2. The van der Waals surface area contributed by atoms with Gasteiger partial charge in [0.15, 0.2) is 0 Å². The molecule has 0 unspecified atom stereocenters. The quantitative estimate of drug-likeness (QED) is 0.866. The molecule has 2 amide bonds. The summed E-state index contributed by atoms with van der Waals surface area (Å²) >= 11 is 0. The van der Waals surface area contributed by atoms with Gasteiger partial charge in [0.05, 0.1) is 0 Å². The molecule has 122 valence electrons. The van der Waals surface area contributed by atoms with Crippen molar-refractivity contribution in [3.05, 3.63) is 71.8 Å². The molecule has 2 aromatic carbocycles. The molecule has 1 aliphatic carbocycles. The molecule has 0 aromatic heterocycles. The van der Waals surface area contributed by atoms with Gasteiger partial charge in [-0.15, -0.1) is 0 Å². The average Bonchev–Trinajstić information content (AvgIpc) is 3.18. The molecule has 24 heavy (non-hydrogen) atoms. The molecule has 4 heteroatoms. The lowest BCUT2D eigenvalue weighted by molar-refractivity contribution is -0.131. The third kappa shape index (κ3) is 2.30. The second kappa shape index (κ2) is 5.48. The molecule has 2 aromatic rings. The smallest absolute Gasteiger partial charge is 0.417 e. The standard InChI is InChI=1S/C20H19NO3/c1-20(15-10-6-3-7-11-15)12-16(20)18(22)21-17(13-24-19(21)23)14-8-4-2-5-9-14/h2-11,16-17H,12-13H2,1H3/t16-,17-,20-/m1/s1. The van der Waals surface area contributed by atoms with Gasteiger partial charge in [-0.1, -0.05) is 67.6 Å². The van der Waals surface area contributed by atoms with Crippen molar-refractivity contribution in [2.45, 2.75) is 24.8 Å². The van der Waals surface area contributed by atoms with Crippen molar-refractivity contribution < 1.29 is 14.3 Å². The van der Waals surface area contributed by atoms with E-state index in [0.717, 1.165) is 17.5 Å². The topological polar surface area (TPSA) is 46.6 Å². The summed E-state index contributed by atoms with van der Waals surface area (Å²) in [5, 5.41) is 0. The van der Waals surface area contributed by atoms with Gasteiger partial charge in [-0.25, -0.2) is 9.69 Å². The maximum absolute atomic E-state index is 13.0. The van der Waals surface area contributed by atoms with E-state index in [-0.39, 0.29) is 29.9 Å². The van der Waals surface area contributed by atoms with Gasteiger partial charge in [-0.05, 0) is 17.5 Å². The molecule has 1 saturated heterocycles. The van der Waals surface area contributed by atoms with Crippen molar-refractivity contribution in [3.8, 4) is 0 Å². The lowest BCUT2D eigenvalue weighted by Crippen LogP contribution is -2.36. The molecule has 0 bridgehead atoms. The zero-order valence-electron chi connectivity index (χ0n) is 13.5. The molecule has 3 atom stereocenters. The third-order valence-corrected chi connectivity index (χ3v) is 5.26. The van der Waals surface area contributed by atoms with Gasteiger partial charge in [-0.3, -0.25) is 4.79 Å². The molecule has 1 heterocycles. The predicted octanol–water partition coefficient (Wildman–Crippen LogP) is 3.68. The number of carbonyl (C=O) groups excluding carboxylic acids is 2. The molecule has 4 nitrogen and oxygen atoms in total. The lowest BCUT2D eigenvalue weighted by atomic mass is 9.95. The fraction of sp³-hybridized carbons (Fsp3) is 0.300. The molecule has 4 rings (SSSR count). The first kappa shape index (κ1) is 14.9. The van der Waals surface area contributed by atoms with E-state index in [2.05, 4.69) is 6.92 Å². The van der Waals surface area contributed by atoms with Gasteiger partial charge in [0.25, 0.3) is 0 Å². The second-order valence-corrected chi connectivity index (χ2v) is 6.75. The number of ether oxygens (including phenoxy) is 1. The fourth-order valence-corrected chi connectivity index (χ4v) is 3.62. The first-order valence-corrected chi connectivity index (χ1v) is 8.21. The van der Waals surface area contributed by atoms with E-state index in [4.69, 9.17) is 4.74 Å². The SMILES string of the molecule is C[C@]1(c2ccccc2)C[C@@H]1C(=O)N1C(=O)OC[C@@H]1c1ccccc1. The van der Waals surface area contributed by atoms with E-state index in [1.165, 1.54) is 4.90 Å². The first-order valence-electron chi connectivity index (χ1n) is 8.21. The van der Waals surface area contributed by atoms with Crippen LogP contribution in [-0.2, 0) is 14.9 Å². The van der Waals surface area contributed by atoms with E-state index < -0.39 is 6.09 Å². The number of nitrogens with zero attached hydrogens (tertiary/aromatic N) is 1. The highest BCUT2D eigenvalue weighted by Crippen LogP contribution is 2.55. The normalized spacial score (nSPS) is 28.5. The maximum Gasteiger partial charge on any atom is 0.417 e. The zero-order valence-corrected chi connectivity index (χ0v) is 13.5. The van der Waals surface area contributed by atoms with E-state index in [0.29, 0.717) is 0 Å². The van der Waals surface area contributed by atoms with Gasteiger partial charge in [0.1, 0.15) is 12.6 Å². The predicted molar refractivity (Wildman–Crippen MR) is 89.3 cm³/mol. The molecule has 2 aliphatic rings. The Labute approximate surface area is 141 Å². The fourth-order valence-electron chi connectivity index (χ4n) is 3.62. The zero-order chi connectivity index (χ0) is 16.7. The van der Waals surface area contributed by atoms with Crippen LogP contribution in [0.1, 0.15) is 30.5 Å². The molecule has 1 saturated carbocycles. The minimum absolute atomic E-state index is 0.127. The van der Waals surface area contributed by atoms with Crippen LogP contribution in [0.4, 0.5) is 4.79 Å². The molecule has 1 aliphatic heterocycles. The number of imide groups is 1. The van der Waals surface area contributed by atoms with E-state index in [9.17, 15) is 9.59 Å². The second-order valence-electron chi connectivity index (χ2n) is 6.75. The summed E-state index contributed by atoms with van der Waals surface area (Å²) in [6.45, 7) is 2.31. The Morgan fingerprint density at radius 2 is 1.71 bits per heavy atom. The van der Waals surface area contributed by atoms with Crippen LogP contribution in [0, 0.1) is 5.92 Å². The number of hydrogen-bond donors (Lipinski definition) is 0. The van der Waals surface area contributed by atoms with Crippen molar-refractivity contribution in [3.63, 3.8) is 0 Å². The summed E-state index contributed by atoms with van der Waals surface area (Å²) in [7, 11) is 0. The van der Waals surface area contributed by atoms with E-state index in [1.54, 1.807) is 0 Å². The highest BCUT2D eigenvalue weighted by Gasteiger charge is 2.59. The van der Waals surface area contributed by atoms with E-state index in [1.807, 2.05) is 60.7 Å². The Hall–Kier alpha value is -2.62. The number of benzene rings is 2. The molecule has 0 spiro atoms. The maximum atomic E-state index is 13.0. The Morgan fingerprint density at radius 1 is 1.08 bits per heavy atom. The lowest BCUT2D eigenvalue weighted by Gasteiger charge is -2.21. The monoisotopic (exact) mass is 321 g/mol. The van der Waals surface area contributed by atoms with Crippen LogP contribution in [0.5, 0.6) is 0 Å². The summed E-state index contributed by atoms with van der Waals surface area (Å²) in [6, 6.07) is 19.3. The van der Waals surface area contributed by atoms with E-state index >= 15 is 0 Å². The Bertz CT molecular complexity index is 774. The highest BCUT2D eigenvalue weighted by molar-refractivity contribution is 5.97. The Balaban J connectivity index is 1.59. The van der Waals surface area contributed by atoms with Crippen LogP contribution >= 0.6 is 0 Å². The summed E-state index contributed by atoms with van der Waals surface area (Å²) in [6.07, 6.45) is 0.234. The van der Waals surface area contributed by atoms with Gasteiger partial charge < -0.3 is 4.74 Å². The number of carbonyl (C=O) groups is 2. The van der Waals surface area contributed by atoms with Crippen LogP contribution in [0.25, 0.3) is 0 Å². The Kier molecular flexibility index (Phi) is 3.41. The summed E-state index contributed by atoms with van der Waals surface area (Å²) in [5.41, 5.74) is 1.88. The first-order chi connectivity index (χ1) is 11.6. The van der Waals surface area contributed by atoms with Crippen LogP contribution < -0.4 is 0 Å². The minimum atomic E-state index is -0.531. The van der Waals surface area contributed by atoms with Gasteiger partial charge >= 0.3 is 6.09 Å². The van der Waals surface area contributed by atoms with Gasteiger partial charge in [0, 0.05) is 11.3 Å². The van der Waals surface area contributed by atoms with Crippen molar-refractivity contribution in [1.82, 2.24) is 4.90 Å². The number of cyclic esters (lactones) is 1. The molecular formula is C20H19NO3. The summed E-state index contributed by atoms with van der Waals surface area (Å²) in [4.78, 5) is 26.5. The van der Waals surface area contributed by atoms with Crippen LogP contribution in [0.2, 0.25) is 0 Å². The van der Waals surface area contributed by atoms with Gasteiger partial charge in [-0.2, -0.15) is 0 Å². The highest BCUT2D eigenvalue weighted by atomic mass is 16.6. The third-order valence-electron chi connectivity index (χ3n) is 5.26. The summed E-state index contributed by atoms with van der Waals surface area (Å²) in [5.74, 6) is -0.297. The minimum Gasteiger partial charge on any atom is -0.446 e. The summed E-state index contributed by atoms with van der Waals surface area (Å²) < 4.78 is 5.17. The van der Waals surface area contributed by atoms with Crippen molar-refractivity contribution in [1.29, 1.82) is 0 Å². The van der Waals surface area contributed by atoms with Crippen LogP contribution in [0.15, 0.2) is 60.7 Å². The Morgan fingerprint density at radius 3 is 2.38 bits per heavy atom. The van der Waals surface area contributed by atoms with Crippen molar-refractivity contribution in [2.24, 2.45) is 5.92 Å². The molecule has 0 N–H and O–H groups in total. The van der Waals surface area contributed by atoms with Gasteiger partial charge in [0.2, 0.25) is 5.91 Å². The molecular weight excluding hydrogens is 302 g/mol. The van der Waals surface area contributed by atoms with Crippen LogP contribution in [-0.4, -0.2) is 23.5 Å². The van der Waals surface area contributed by atoms with Crippen molar-refractivity contribution in [2.75, 3.05) is 6.61 Å². The number of hydrogen-bond acceptors (Lipinski definition) is 3. The molecule has 0 radical (unpaired) electrons. The molecule has 2 fully saturated rings. The average molecular weight is 321 g/mol.